The van der Waals surface area contributed by atoms with Gasteiger partial charge in [-0.05, 0) is 0 Å². The molecule has 8 heavy (non-hydrogen) atoms. The van der Waals surface area contributed by atoms with E-state index in [1.54, 1.807) is 0 Å². The molecule has 0 saturated carbocycles. The molecule has 4 nitrogen and oxygen atoms in total. The van der Waals surface area contributed by atoms with Crippen LogP contribution in [0.15, 0.2) is 0 Å². The van der Waals surface area contributed by atoms with Crippen LogP contribution in [0.2, 0.25) is 0 Å². The van der Waals surface area contributed by atoms with E-state index in [9.17, 15) is 0 Å². The first-order chi connectivity index (χ1) is 2.56. The summed E-state index contributed by atoms with van der Waals surface area (Å²) in [5.41, 5.74) is 0. The third-order valence-electron chi connectivity index (χ3n) is 0.0913. The molecule has 0 aliphatic heterocycles. The maximum Gasteiger partial charge on any atom is 1.00 e. The molecule has 38 valence electrons. The molecule has 0 saturated heterocycles. The van der Waals surface area contributed by atoms with E-state index in [0.717, 1.165) is 0 Å². The topological polar surface area (TPSA) is 83.4 Å². The average Bonchev–Trinajstić information content (AvgIpc) is 1.35. The van der Waals surface area contributed by atoms with Crippen LogP contribution in [0.4, 0.5) is 0 Å². The van der Waals surface area contributed by atoms with Gasteiger partial charge in [0.1, 0.15) is 9.05 Å². The number of hydrogen-bond acceptors (Lipinski definition) is 3. The molecular formula is HNa2O4S2+. The summed E-state index contributed by atoms with van der Waals surface area (Å²) in [5.74, 6) is 0. The molecule has 0 aromatic rings. The van der Waals surface area contributed by atoms with Crippen molar-refractivity contribution in [3.05, 3.63) is 0 Å². The van der Waals surface area contributed by atoms with Crippen molar-refractivity contribution in [3.8, 4) is 0 Å². The largest absolute Gasteiger partial charge is 1.00 e. The first kappa shape index (κ1) is 16.7. The van der Waals surface area contributed by atoms with Gasteiger partial charge >= 0.3 is 69.7 Å². The molecular weight excluding hydrogens is 174 g/mol. The summed E-state index contributed by atoms with van der Waals surface area (Å²) < 4.78 is 34.9. The molecule has 0 rings (SSSR count). The summed E-state index contributed by atoms with van der Waals surface area (Å²) in [6, 6.07) is 0. The predicted octanol–water partition coefficient (Wildman–Crippen LogP) is -6.99. The van der Waals surface area contributed by atoms with Crippen LogP contribution in [0.25, 0.3) is 0 Å². The minimum Gasteiger partial charge on any atom is -0.743 e. The van der Waals surface area contributed by atoms with Crippen molar-refractivity contribution in [1.82, 2.24) is 0 Å². The summed E-state index contributed by atoms with van der Waals surface area (Å²) in [7, 11) is -5.14. The summed E-state index contributed by atoms with van der Waals surface area (Å²) in [6.07, 6.45) is 0. The molecule has 0 aromatic carbocycles. The van der Waals surface area contributed by atoms with Crippen LogP contribution in [-0.4, -0.2) is 17.9 Å². The van der Waals surface area contributed by atoms with Crippen LogP contribution in [0.3, 0.4) is 0 Å². The van der Waals surface area contributed by atoms with Crippen LogP contribution >= 0.6 is 0 Å². The Labute approximate surface area is 95.1 Å². The van der Waals surface area contributed by atoms with Crippen molar-refractivity contribution in [2.24, 2.45) is 0 Å². The second-order valence-electron chi connectivity index (χ2n) is 0.483. The molecule has 0 aliphatic rings. The zero-order valence-corrected chi connectivity index (χ0v) is 10.1. The van der Waals surface area contributed by atoms with E-state index in [2.05, 4.69) is 0 Å². The van der Waals surface area contributed by atoms with E-state index in [0.29, 0.717) is 0 Å². The monoisotopic (exact) mass is 175 g/mol. The second-order valence-corrected chi connectivity index (χ2v) is 3.12. The molecule has 1 N–H and O–H groups in total. The third-order valence-corrected chi connectivity index (χ3v) is 0.822. The SMILES string of the molecule is O=S([O-])([O-])=[S+]O.[Na+].[Na+]. The quantitative estimate of drug-likeness (QED) is 0.225. The molecule has 0 radical (unpaired) electrons. The Balaban J connectivity index is -0.000000125. The third kappa shape index (κ3) is 15.7. The number of rotatable bonds is 0. The maximum atomic E-state index is 9.16. The van der Waals surface area contributed by atoms with Crippen LogP contribution in [0.1, 0.15) is 0 Å². The maximum absolute atomic E-state index is 9.16. The Morgan fingerprint density at radius 3 is 1.50 bits per heavy atom. The van der Waals surface area contributed by atoms with E-state index >= 15 is 0 Å². The van der Waals surface area contributed by atoms with Gasteiger partial charge in [0.05, 0.1) is 0 Å². The van der Waals surface area contributed by atoms with Crippen molar-refractivity contribution in [2.75, 3.05) is 0 Å². The Hall–Kier alpha value is 2.25. The van der Waals surface area contributed by atoms with Crippen molar-refractivity contribution < 1.29 is 77.0 Å². The molecule has 0 spiro atoms. The molecule has 0 bridgehead atoms. The Morgan fingerprint density at radius 1 is 1.38 bits per heavy atom. The second kappa shape index (κ2) is 7.36. The fourth-order valence-electron chi connectivity index (χ4n) is 0. The van der Waals surface area contributed by atoms with Crippen molar-refractivity contribution in [1.29, 1.82) is 0 Å². The molecule has 0 aliphatic carbocycles. The molecule has 0 unspecified atom stereocenters. The van der Waals surface area contributed by atoms with Gasteiger partial charge in [-0.15, -0.1) is 4.55 Å². The first-order valence-corrected chi connectivity index (χ1v) is 3.55. The van der Waals surface area contributed by atoms with E-state index in [-0.39, 0.29) is 59.1 Å². The molecule has 0 atom stereocenters. The molecule has 0 fully saturated rings. The van der Waals surface area contributed by atoms with Gasteiger partial charge in [0, 0.05) is 0 Å². The summed E-state index contributed by atoms with van der Waals surface area (Å²) in [6.45, 7) is 0. The van der Waals surface area contributed by atoms with Crippen LogP contribution < -0.4 is 59.1 Å². The summed E-state index contributed by atoms with van der Waals surface area (Å²) in [4.78, 5) is 0. The fraction of sp³-hybridized carbons (Fsp3) is 0. The van der Waals surface area contributed by atoms with E-state index in [1.165, 1.54) is 0 Å². The normalized spacial score (nSPS) is 8.38. The van der Waals surface area contributed by atoms with Gasteiger partial charge in [-0.3, -0.25) is 0 Å². The standard InChI is InChI=1S/2Na.H2O4S2/c;;1-5-6(2,3)4/h;;(H2-,1,2,3,4)/q2*+1;/p-1. The van der Waals surface area contributed by atoms with Crippen LogP contribution in [0.5, 0.6) is 0 Å². The van der Waals surface area contributed by atoms with Gasteiger partial charge < -0.3 is 9.11 Å². The minimum absolute atomic E-state index is 0. The Bertz CT molecular complexity index is 125. The number of hydrogen-bond donors (Lipinski definition) is 1. The van der Waals surface area contributed by atoms with E-state index in [1.807, 2.05) is 0 Å². The van der Waals surface area contributed by atoms with Gasteiger partial charge in [-0.1, -0.05) is 0 Å². The van der Waals surface area contributed by atoms with Gasteiger partial charge in [0.15, 0.2) is 0 Å². The van der Waals surface area contributed by atoms with Gasteiger partial charge in [-0.25, -0.2) is 4.21 Å². The first-order valence-electron chi connectivity index (χ1n) is 0.849. The molecule has 0 amide bonds. The minimum atomic E-state index is -4.44. The van der Waals surface area contributed by atoms with Crippen LogP contribution in [-0.2, 0) is 19.7 Å². The average molecular weight is 175 g/mol. The van der Waals surface area contributed by atoms with E-state index in [4.69, 9.17) is 17.9 Å². The van der Waals surface area contributed by atoms with Gasteiger partial charge in [0.2, 0.25) is 0 Å². The summed E-state index contributed by atoms with van der Waals surface area (Å²) >= 11 is 0. The van der Waals surface area contributed by atoms with Crippen molar-refractivity contribution >= 4 is 19.7 Å². The van der Waals surface area contributed by atoms with Crippen molar-refractivity contribution in [2.45, 2.75) is 0 Å². The van der Waals surface area contributed by atoms with Gasteiger partial charge in [-0.2, -0.15) is 0 Å². The van der Waals surface area contributed by atoms with Gasteiger partial charge in [0.25, 0.3) is 0 Å². The van der Waals surface area contributed by atoms with Crippen molar-refractivity contribution in [3.63, 3.8) is 0 Å². The smallest absolute Gasteiger partial charge is 0.743 e. The molecule has 0 heterocycles. The predicted molar refractivity (Wildman–Crippen MR) is 19.7 cm³/mol. The zero-order valence-electron chi connectivity index (χ0n) is 4.49. The van der Waals surface area contributed by atoms with Crippen LogP contribution in [0, 0.1) is 0 Å². The van der Waals surface area contributed by atoms with E-state index < -0.39 is 19.7 Å². The molecule has 0 aromatic heterocycles. The zero-order chi connectivity index (χ0) is 5.21. The fourth-order valence-corrected chi connectivity index (χ4v) is 0. The Kier molecular flexibility index (Phi) is 15.3. The summed E-state index contributed by atoms with van der Waals surface area (Å²) in [5, 5.41) is 0. The molecule has 8 heteroatoms. The Morgan fingerprint density at radius 2 is 1.50 bits per heavy atom.